The maximum Gasteiger partial charge on any atom is 0.134 e. The number of rotatable bonds is 3. The van der Waals surface area contributed by atoms with Crippen molar-refractivity contribution in [3.63, 3.8) is 0 Å². The number of ether oxygens (including phenoxy) is 1. The SMILES string of the molecule is COc1ccc(CN2CC3(CCC(O)CC3)c3c2ncc(Br)c3Cl)cc1. The molecule has 138 valence electrons. The molecular weight excluding hydrogens is 416 g/mol. The Morgan fingerprint density at radius 2 is 2.00 bits per heavy atom. The van der Waals surface area contributed by atoms with Gasteiger partial charge in [-0.3, -0.25) is 0 Å². The molecule has 1 spiro atoms. The molecule has 0 saturated heterocycles. The fraction of sp³-hybridized carbons (Fsp3) is 0.450. The van der Waals surface area contributed by atoms with Crippen LogP contribution in [0.25, 0.3) is 0 Å². The minimum absolute atomic E-state index is 0.0190. The highest BCUT2D eigenvalue weighted by molar-refractivity contribution is 9.10. The van der Waals surface area contributed by atoms with E-state index in [0.29, 0.717) is 0 Å². The van der Waals surface area contributed by atoms with Crippen molar-refractivity contribution in [3.05, 3.63) is 51.1 Å². The van der Waals surface area contributed by atoms with Gasteiger partial charge >= 0.3 is 0 Å². The number of halogens is 2. The second kappa shape index (κ2) is 7.02. The highest BCUT2D eigenvalue weighted by Crippen LogP contribution is 2.52. The maximum absolute atomic E-state index is 9.99. The van der Waals surface area contributed by atoms with Crippen molar-refractivity contribution in [3.8, 4) is 5.75 Å². The zero-order chi connectivity index (χ0) is 18.3. The van der Waals surface area contributed by atoms with E-state index in [0.717, 1.165) is 65.4 Å². The lowest BCUT2D eigenvalue weighted by atomic mass is 9.70. The monoisotopic (exact) mass is 436 g/mol. The van der Waals surface area contributed by atoms with Crippen LogP contribution >= 0.6 is 27.5 Å². The van der Waals surface area contributed by atoms with Gasteiger partial charge in [-0.1, -0.05) is 23.7 Å². The Labute approximate surface area is 167 Å². The number of aromatic nitrogens is 1. The molecule has 1 aliphatic carbocycles. The van der Waals surface area contributed by atoms with Crippen molar-refractivity contribution in [2.45, 2.75) is 43.7 Å². The van der Waals surface area contributed by atoms with E-state index in [-0.39, 0.29) is 11.5 Å². The standard InChI is InChI=1S/C20H22BrClN2O2/c1-26-15-4-2-13(3-5-15)11-24-12-20(8-6-14(25)7-9-20)17-18(22)16(21)10-23-19(17)24/h2-5,10,14,25H,6-9,11-12H2,1H3. The number of benzene rings is 1. The molecule has 26 heavy (non-hydrogen) atoms. The number of anilines is 1. The average Bonchev–Trinajstić information content (AvgIpc) is 2.95. The Morgan fingerprint density at radius 3 is 2.65 bits per heavy atom. The molecule has 4 nitrogen and oxygen atoms in total. The Hall–Kier alpha value is -1.30. The molecule has 2 heterocycles. The number of pyridine rings is 1. The van der Waals surface area contributed by atoms with E-state index in [9.17, 15) is 5.11 Å². The van der Waals surface area contributed by atoms with Gasteiger partial charge in [0.2, 0.25) is 0 Å². The molecule has 1 saturated carbocycles. The average molecular weight is 438 g/mol. The van der Waals surface area contributed by atoms with E-state index in [4.69, 9.17) is 21.3 Å². The van der Waals surface area contributed by atoms with Gasteiger partial charge < -0.3 is 14.7 Å². The molecule has 2 aliphatic rings. The lowest BCUT2D eigenvalue weighted by Crippen LogP contribution is -2.38. The summed E-state index contributed by atoms with van der Waals surface area (Å²) in [7, 11) is 1.68. The van der Waals surface area contributed by atoms with Crippen LogP contribution in [0.15, 0.2) is 34.9 Å². The Morgan fingerprint density at radius 1 is 1.31 bits per heavy atom. The van der Waals surface area contributed by atoms with Crippen molar-refractivity contribution >= 4 is 33.3 Å². The number of fused-ring (bicyclic) bond motifs is 2. The molecule has 0 amide bonds. The molecular formula is C20H22BrClN2O2. The predicted molar refractivity (Wildman–Crippen MR) is 107 cm³/mol. The number of aliphatic hydroxyl groups excluding tert-OH is 1. The second-order valence-electron chi connectivity index (χ2n) is 7.33. The number of methoxy groups -OCH3 is 1. The molecule has 1 aromatic heterocycles. The fourth-order valence-electron chi connectivity index (χ4n) is 4.33. The van der Waals surface area contributed by atoms with Gasteiger partial charge in [0.1, 0.15) is 11.6 Å². The lowest BCUT2D eigenvalue weighted by molar-refractivity contribution is 0.0994. The van der Waals surface area contributed by atoms with Gasteiger partial charge in [-0.25, -0.2) is 4.98 Å². The fourth-order valence-corrected chi connectivity index (χ4v) is 4.97. The van der Waals surface area contributed by atoms with Gasteiger partial charge in [-0.05, 0) is 59.3 Å². The molecule has 2 aromatic rings. The minimum Gasteiger partial charge on any atom is -0.497 e. The number of nitrogens with zero attached hydrogens (tertiary/aromatic N) is 2. The summed E-state index contributed by atoms with van der Waals surface area (Å²) in [6, 6.07) is 8.16. The Balaban J connectivity index is 1.68. The number of hydrogen-bond acceptors (Lipinski definition) is 4. The van der Waals surface area contributed by atoms with E-state index in [1.54, 1.807) is 13.3 Å². The van der Waals surface area contributed by atoms with Crippen LogP contribution < -0.4 is 9.64 Å². The van der Waals surface area contributed by atoms with E-state index < -0.39 is 0 Å². The molecule has 0 bridgehead atoms. The van der Waals surface area contributed by atoms with Gasteiger partial charge in [0.25, 0.3) is 0 Å². The zero-order valence-electron chi connectivity index (χ0n) is 14.7. The van der Waals surface area contributed by atoms with Crippen molar-refractivity contribution in [2.24, 2.45) is 0 Å². The first-order chi connectivity index (χ1) is 12.5. The van der Waals surface area contributed by atoms with Gasteiger partial charge in [0.15, 0.2) is 0 Å². The molecule has 1 aliphatic heterocycles. The van der Waals surface area contributed by atoms with Crippen LogP contribution in [0.3, 0.4) is 0 Å². The molecule has 0 radical (unpaired) electrons. The summed E-state index contributed by atoms with van der Waals surface area (Å²) in [5.74, 6) is 1.84. The summed E-state index contributed by atoms with van der Waals surface area (Å²) in [6.07, 6.45) is 5.12. The molecule has 0 atom stereocenters. The van der Waals surface area contributed by atoms with Crippen molar-refractivity contribution < 1.29 is 9.84 Å². The second-order valence-corrected chi connectivity index (χ2v) is 8.57. The smallest absolute Gasteiger partial charge is 0.134 e. The first-order valence-electron chi connectivity index (χ1n) is 8.93. The van der Waals surface area contributed by atoms with Gasteiger partial charge in [-0.2, -0.15) is 0 Å². The van der Waals surface area contributed by atoms with Crippen molar-refractivity contribution in [1.82, 2.24) is 4.98 Å². The van der Waals surface area contributed by atoms with E-state index in [1.807, 2.05) is 12.1 Å². The summed E-state index contributed by atoms with van der Waals surface area (Å²) in [5.41, 5.74) is 2.34. The Bertz CT molecular complexity index is 804. The number of aliphatic hydroxyl groups is 1. The largest absolute Gasteiger partial charge is 0.497 e. The summed E-state index contributed by atoms with van der Waals surface area (Å²) in [4.78, 5) is 7.03. The molecule has 1 N–H and O–H groups in total. The van der Waals surface area contributed by atoms with Crippen LogP contribution in [-0.2, 0) is 12.0 Å². The van der Waals surface area contributed by atoms with Gasteiger partial charge in [0.05, 0.1) is 22.7 Å². The van der Waals surface area contributed by atoms with Gasteiger partial charge in [-0.15, -0.1) is 0 Å². The van der Waals surface area contributed by atoms with Crippen LogP contribution in [-0.4, -0.2) is 29.8 Å². The number of hydrogen-bond donors (Lipinski definition) is 1. The first kappa shape index (κ1) is 18.1. The Kier molecular flexibility index (Phi) is 4.88. The predicted octanol–water partition coefficient (Wildman–Crippen LogP) is 4.70. The summed E-state index contributed by atoms with van der Waals surface area (Å²) < 4.78 is 6.09. The third-order valence-corrected chi connectivity index (χ3v) is 6.94. The van der Waals surface area contributed by atoms with Crippen LogP contribution in [0, 0.1) is 0 Å². The lowest BCUT2D eigenvalue weighted by Gasteiger charge is -2.36. The minimum atomic E-state index is -0.196. The van der Waals surface area contributed by atoms with Crippen molar-refractivity contribution in [1.29, 1.82) is 0 Å². The summed E-state index contributed by atoms with van der Waals surface area (Å²) in [6.45, 7) is 1.68. The quantitative estimate of drug-likeness (QED) is 0.756. The van der Waals surface area contributed by atoms with Crippen LogP contribution in [0.2, 0.25) is 5.02 Å². The van der Waals surface area contributed by atoms with Gasteiger partial charge in [0, 0.05) is 30.3 Å². The van der Waals surface area contributed by atoms with Crippen molar-refractivity contribution in [2.75, 3.05) is 18.6 Å². The third-order valence-electron chi connectivity index (χ3n) is 5.72. The maximum atomic E-state index is 9.99. The van der Waals surface area contributed by atoms with E-state index in [1.165, 1.54) is 5.56 Å². The normalized spacial score (nSPS) is 24.8. The first-order valence-corrected chi connectivity index (χ1v) is 10.1. The van der Waals surface area contributed by atoms with E-state index in [2.05, 4.69) is 33.0 Å². The van der Waals surface area contributed by atoms with Crippen LogP contribution in [0.1, 0.15) is 36.8 Å². The summed E-state index contributed by atoms with van der Waals surface area (Å²) in [5, 5.41) is 10.8. The van der Waals surface area contributed by atoms with Crippen LogP contribution in [0.5, 0.6) is 5.75 Å². The molecule has 0 unspecified atom stereocenters. The summed E-state index contributed by atoms with van der Waals surface area (Å²) >= 11 is 10.3. The van der Waals surface area contributed by atoms with E-state index >= 15 is 0 Å². The highest BCUT2D eigenvalue weighted by Gasteiger charge is 2.47. The molecule has 1 fully saturated rings. The molecule has 1 aromatic carbocycles. The molecule has 4 rings (SSSR count). The third kappa shape index (κ3) is 3.10. The highest BCUT2D eigenvalue weighted by atomic mass is 79.9. The topological polar surface area (TPSA) is 45.6 Å². The molecule has 6 heteroatoms. The zero-order valence-corrected chi connectivity index (χ0v) is 17.1. The van der Waals surface area contributed by atoms with Crippen LogP contribution in [0.4, 0.5) is 5.82 Å².